The van der Waals surface area contributed by atoms with Crippen molar-refractivity contribution in [1.82, 2.24) is 4.98 Å². The molecule has 0 aliphatic heterocycles. The van der Waals surface area contributed by atoms with E-state index in [1.54, 1.807) is 22.7 Å². The molecule has 0 aliphatic rings. The van der Waals surface area contributed by atoms with Crippen LogP contribution in [-0.4, -0.2) is 4.98 Å². The number of nitrogens with zero attached hydrogens (tertiary/aromatic N) is 1. The molecule has 2 aromatic rings. The average Bonchev–Trinajstić information content (AvgIpc) is 2.71. The van der Waals surface area contributed by atoms with Gasteiger partial charge in [0.2, 0.25) is 0 Å². The summed E-state index contributed by atoms with van der Waals surface area (Å²) in [4.78, 5) is 7.04. The van der Waals surface area contributed by atoms with E-state index in [9.17, 15) is 0 Å². The van der Waals surface area contributed by atoms with E-state index in [2.05, 4.69) is 23.4 Å². The fourth-order valence-electron chi connectivity index (χ4n) is 1.34. The number of hydrogen-bond acceptors (Lipinski definition) is 4. The highest BCUT2D eigenvalue weighted by molar-refractivity contribution is 7.16. The highest BCUT2D eigenvalue weighted by Crippen LogP contribution is 2.32. The van der Waals surface area contributed by atoms with Crippen molar-refractivity contribution in [2.75, 3.05) is 0 Å². The fraction of sp³-hybridized carbons (Fsp3) is 0.300. The molecule has 0 atom stereocenters. The molecule has 0 amide bonds. The minimum Gasteiger partial charge on any atom is -0.326 e. The highest BCUT2D eigenvalue weighted by atomic mass is 32.1. The maximum Gasteiger partial charge on any atom is 0.125 e. The summed E-state index contributed by atoms with van der Waals surface area (Å²) in [6.07, 6.45) is 0. The topological polar surface area (TPSA) is 38.9 Å². The molecule has 0 aliphatic carbocycles. The lowest BCUT2D eigenvalue weighted by molar-refractivity contribution is 1.06. The molecule has 2 aromatic heterocycles. The normalized spacial score (nSPS) is 10.8. The van der Waals surface area contributed by atoms with Gasteiger partial charge in [-0.15, -0.1) is 22.7 Å². The van der Waals surface area contributed by atoms with Crippen LogP contribution in [0.4, 0.5) is 0 Å². The molecule has 0 aromatic carbocycles. The van der Waals surface area contributed by atoms with Crippen molar-refractivity contribution < 1.29 is 0 Å². The van der Waals surface area contributed by atoms with Crippen LogP contribution >= 0.6 is 22.7 Å². The van der Waals surface area contributed by atoms with E-state index in [1.807, 2.05) is 6.92 Å². The maximum absolute atomic E-state index is 5.63. The molecule has 2 heterocycles. The molecular weight excluding hydrogens is 212 g/mol. The van der Waals surface area contributed by atoms with Gasteiger partial charge < -0.3 is 5.73 Å². The summed E-state index contributed by atoms with van der Waals surface area (Å²) in [5.74, 6) is 0. The van der Waals surface area contributed by atoms with Gasteiger partial charge in [-0.25, -0.2) is 4.98 Å². The Morgan fingerprint density at radius 2 is 2.21 bits per heavy atom. The number of nitrogens with two attached hydrogens (primary N) is 1. The van der Waals surface area contributed by atoms with Crippen molar-refractivity contribution in [3.05, 3.63) is 26.9 Å². The molecule has 4 heteroatoms. The summed E-state index contributed by atoms with van der Waals surface area (Å²) >= 11 is 3.46. The zero-order valence-electron chi connectivity index (χ0n) is 8.20. The smallest absolute Gasteiger partial charge is 0.125 e. The van der Waals surface area contributed by atoms with Gasteiger partial charge >= 0.3 is 0 Å². The lowest BCUT2D eigenvalue weighted by Crippen LogP contribution is -1.94. The Morgan fingerprint density at radius 1 is 1.43 bits per heavy atom. The molecular formula is C10H12N2S2. The number of hydrogen-bond donors (Lipinski definition) is 1. The van der Waals surface area contributed by atoms with Gasteiger partial charge in [-0.05, 0) is 25.3 Å². The van der Waals surface area contributed by atoms with E-state index in [1.165, 1.54) is 15.3 Å². The second kappa shape index (κ2) is 3.81. The van der Waals surface area contributed by atoms with Crippen LogP contribution in [0.1, 0.15) is 15.4 Å². The lowest BCUT2D eigenvalue weighted by atomic mass is 10.3. The van der Waals surface area contributed by atoms with Crippen LogP contribution in [0.2, 0.25) is 0 Å². The van der Waals surface area contributed by atoms with Crippen molar-refractivity contribution in [2.45, 2.75) is 20.4 Å². The number of rotatable bonds is 2. The molecule has 0 fully saturated rings. The summed E-state index contributed by atoms with van der Waals surface area (Å²) in [6, 6.07) is 2.12. The third-order valence-electron chi connectivity index (χ3n) is 2.17. The van der Waals surface area contributed by atoms with Crippen molar-refractivity contribution in [3.63, 3.8) is 0 Å². The first-order chi connectivity index (χ1) is 6.72. The van der Waals surface area contributed by atoms with E-state index < -0.39 is 0 Å². The van der Waals surface area contributed by atoms with Crippen molar-refractivity contribution in [2.24, 2.45) is 5.73 Å². The number of thiazole rings is 1. The monoisotopic (exact) mass is 224 g/mol. The van der Waals surface area contributed by atoms with E-state index in [-0.39, 0.29) is 0 Å². The van der Waals surface area contributed by atoms with E-state index >= 15 is 0 Å². The summed E-state index contributed by atoms with van der Waals surface area (Å²) in [6.45, 7) is 4.73. The molecule has 0 saturated carbocycles. The average molecular weight is 224 g/mol. The van der Waals surface area contributed by atoms with Gasteiger partial charge in [0.1, 0.15) is 5.01 Å². The van der Waals surface area contributed by atoms with Crippen LogP contribution in [0.5, 0.6) is 0 Å². The zero-order valence-corrected chi connectivity index (χ0v) is 9.84. The predicted octanol–water partition coefficient (Wildman–Crippen LogP) is 2.95. The van der Waals surface area contributed by atoms with E-state index in [0.717, 1.165) is 10.7 Å². The number of aryl methyl sites for hydroxylation is 2. The minimum atomic E-state index is 0.590. The van der Waals surface area contributed by atoms with Crippen LogP contribution < -0.4 is 5.73 Å². The minimum absolute atomic E-state index is 0.590. The zero-order chi connectivity index (χ0) is 10.1. The van der Waals surface area contributed by atoms with Crippen LogP contribution in [-0.2, 0) is 6.54 Å². The van der Waals surface area contributed by atoms with Crippen LogP contribution in [0, 0.1) is 13.8 Å². The second-order valence-electron chi connectivity index (χ2n) is 3.12. The standard InChI is InChI=1S/C10H12N2S2/c1-6-9(5-11)14-10(12-6)8-3-4-13-7(8)2/h3-4H,5,11H2,1-2H3. The summed E-state index contributed by atoms with van der Waals surface area (Å²) in [5, 5.41) is 3.20. The van der Waals surface area contributed by atoms with Crippen LogP contribution in [0.25, 0.3) is 10.6 Å². The predicted molar refractivity (Wildman–Crippen MR) is 62.8 cm³/mol. The molecule has 0 radical (unpaired) electrons. The fourth-order valence-corrected chi connectivity index (χ4v) is 3.13. The Hall–Kier alpha value is -0.710. The van der Waals surface area contributed by atoms with Crippen LogP contribution in [0.3, 0.4) is 0 Å². The second-order valence-corrected chi connectivity index (χ2v) is 5.33. The third kappa shape index (κ3) is 1.61. The van der Waals surface area contributed by atoms with Gasteiger partial charge in [0, 0.05) is 21.9 Å². The van der Waals surface area contributed by atoms with Crippen molar-refractivity contribution in [3.8, 4) is 10.6 Å². The van der Waals surface area contributed by atoms with Gasteiger partial charge in [-0.1, -0.05) is 0 Å². The summed E-state index contributed by atoms with van der Waals surface area (Å²) in [7, 11) is 0. The highest BCUT2D eigenvalue weighted by Gasteiger charge is 2.10. The lowest BCUT2D eigenvalue weighted by Gasteiger charge is -1.91. The molecule has 2 rings (SSSR count). The molecule has 14 heavy (non-hydrogen) atoms. The third-order valence-corrected chi connectivity index (χ3v) is 4.23. The summed E-state index contributed by atoms with van der Waals surface area (Å²) in [5.41, 5.74) is 7.95. The van der Waals surface area contributed by atoms with Gasteiger partial charge in [-0.3, -0.25) is 0 Å². The Kier molecular flexibility index (Phi) is 2.67. The van der Waals surface area contributed by atoms with Crippen molar-refractivity contribution >= 4 is 22.7 Å². The molecule has 2 nitrogen and oxygen atoms in total. The Balaban J connectivity index is 2.47. The summed E-state index contributed by atoms with van der Waals surface area (Å²) < 4.78 is 0. The molecule has 2 N–H and O–H groups in total. The van der Waals surface area contributed by atoms with Crippen LogP contribution in [0.15, 0.2) is 11.4 Å². The van der Waals surface area contributed by atoms with Gasteiger partial charge in [0.25, 0.3) is 0 Å². The van der Waals surface area contributed by atoms with Gasteiger partial charge in [0.15, 0.2) is 0 Å². The molecule has 0 saturated heterocycles. The molecule has 0 unspecified atom stereocenters. The van der Waals surface area contributed by atoms with Crippen molar-refractivity contribution in [1.29, 1.82) is 0 Å². The molecule has 74 valence electrons. The van der Waals surface area contributed by atoms with E-state index in [4.69, 9.17) is 5.73 Å². The Labute approximate surface area is 91.4 Å². The first kappa shape index (κ1) is 9.83. The van der Waals surface area contributed by atoms with Gasteiger partial charge in [-0.2, -0.15) is 0 Å². The molecule has 0 spiro atoms. The first-order valence-corrected chi connectivity index (χ1v) is 6.13. The molecule has 0 bridgehead atoms. The Bertz CT molecular complexity index is 443. The quantitative estimate of drug-likeness (QED) is 0.851. The SMILES string of the molecule is Cc1nc(-c2ccsc2C)sc1CN. The number of thiophene rings is 1. The number of aromatic nitrogens is 1. The van der Waals surface area contributed by atoms with E-state index in [0.29, 0.717) is 6.54 Å². The van der Waals surface area contributed by atoms with Gasteiger partial charge in [0.05, 0.1) is 5.69 Å². The largest absolute Gasteiger partial charge is 0.326 e. The Morgan fingerprint density at radius 3 is 2.71 bits per heavy atom. The maximum atomic E-state index is 5.63. The first-order valence-electron chi connectivity index (χ1n) is 4.43.